The molecule has 18 heavy (non-hydrogen) atoms. The number of likely N-dealkylation sites (N-methyl/N-ethyl adjacent to an activating group) is 1. The molecule has 0 saturated carbocycles. The fraction of sp³-hybridized carbons (Fsp3) is 0.286. The highest BCUT2D eigenvalue weighted by atomic mass is 16.2. The molecule has 1 aliphatic heterocycles. The number of rotatable bonds is 2. The molecule has 1 N–H and O–H groups in total. The first kappa shape index (κ1) is 12.3. The van der Waals surface area contributed by atoms with E-state index in [0.717, 1.165) is 24.2 Å². The Bertz CT molecular complexity index is 548. The minimum atomic E-state index is -0.0470. The lowest BCUT2D eigenvalue weighted by atomic mass is 10.0. The number of hydrogen-bond donors (Lipinski definition) is 1. The second-order valence-electron chi connectivity index (χ2n) is 4.33. The third-order valence-corrected chi connectivity index (χ3v) is 3.22. The van der Waals surface area contributed by atoms with Gasteiger partial charge in [-0.2, -0.15) is 5.26 Å². The number of benzene rings is 1. The van der Waals surface area contributed by atoms with E-state index in [-0.39, 0.29) is 5.91 Å². The summed E-state index contributed by atoms with van der Waals surface area (Å²) in [5, 5.41) is 12.2. The summed E-state index contributed by atoms with van der Waals surface area (Å²) in [5.74, 6) is -0.0470. The Morgan fingerprint density at radius 3 is 2.61 bits per heavy atom. The molecule has 0 bridgehead atoms. The minimum absolute atomic E-state index is 0.0470. The van der Waals surface area contributed by atoms with Gasteiger partial charge in [0.15, 0.2) is 0 Å². The summed E-state index contributed by atoms with van der Waals surface area (Å²) >= 11 is 0. The van der Waals surface area contributed by atoms with E-state index in [4.69, 9.17) is 5.26 Å². The normalized spacial score (nSPS) is 13.5. The molecule has 0 aromatic heterocycles. The third-order valence-electron chi connectivity index (χ3n) is 3.22. The maximum atomic E-state index is 12.3. The van der Waals surface area contributed by atoms with Gasteiger partial charge in [-0.15, -0.1) is 0 Å². The van der Waals surface area contributed by atoms with Crippen LogP contribution < -0.4 is 10.2 Å². The van der Waals surface area contributed by atoms with Gasteiger partial charge in [-0.3, -0.25) is 4.79 Å². The van der Waals surface area contributed by atoms with Crippen LogP contribution in [0.1, 0.15) is 12.5 Å². The fourth-order valence-electron chi connectivity index (χ4n) is 1.89. The Morgan fingerprint density at radius 2 is 2.06 bits per heavy atom. The number of para-hydroxylation sites is 1. The molecule has 1 saturated heterocycles. The van der Waals surface area contributed by atoms with E-state index in [0.29, 0.717) is 11.3 Å². The van der Waals surface area contributed by atoms with E-state index in [1.807, 2.05) is 13.0 Å². The largest absolute Gasteiger partial charge is 0.310 e. The van der Waals surface area contributed by atoms with Crippen LogP contribution in [0.2, 0.25) is 0 Å². The van der Waals surface area contributed by atoms with E-state index in [9.17, 15) is 4.79 Å². The second-order valence-corrected chi connectivity index (χ2v) is 4.33. The number of nitriles is 1. The van der Waals surface area contributed by atoms with Crippen LogP contribution in [0.3, 0.4) is 0 Å². The summed E-state index contributed by atoms with van der Waals surface area (Å²) in [4.78, 5) is 13.8. The van der Waals surface area contributed by atoms with Gasteiger partial charge in [-0.05, 0) is 24.6 Å². The molecule has 0 aliphatic carbocycles. The van der Waals surface area contributed by atoms with Crippen molar-refractivity contribution in [2.24, 2.45) is 0 Å². The molecule has 4 nitrogen and oxygen atoms in total. The highest BCUT2D eigenvalue weighted by Crippen LogP contribution is 2.21. The molecule has 0 atom stereocenters. The van der Waals surface area contributed by atoms with E-state index in [1.54, 1.807) is 30.1 Å². The van der Waals surface area contributed by atoms with Crippen LogP contribution in [0.15, 0.2) is 35.4 Å². The maximum Gasteiger partial charge on any atom is 0.253 e. The average Bonchev–Trinajstić information content (AvgIpc) is 2.34. The van der Waals surface area contributed by atoms with Crippen molar-refractivity contribution in [2.45, 2.75) is 6.92 Å². The number of hydrogen-bond acceptors (Lipinski definition) is 3. The van der Waals surface area contributed by atoms with Gasteiger partial charge in [-0.25, -0.2) is 0 Å². The highest BCUT2D eigenvalue weighted by Gasteiger charge is 2.20. The topological polar surface area (TPSA) is 56.1 Å². The SMILES string of the molecule is CC(C(=O)N(C)c1ccccc1C#N)=C1CNC1. The van der Waals surface area contributed by atoms with Crippen molar-refractivity contribution in [3.8, 4) is 6.07 Å². The van der Waals surface area contributed by atoms with Gasteiger partial charge in [0.05, 0.1) is 11.3 Å². The minimum Gasteiger partial charge on any atom is -0.310 e. The molecular weight excluding hydrogens is 226 g/mol. The van der Waals surface area contributed by atoms with Crippen LogP contribution in [0, 0.1) is 11.3 Å². The van der Waals surface area contributed by atoms with Gasteiger partial charge < -0.3 is 10.2 Å². The molecule has 1 fully saturated rings. The van der Waals surface area contributed by atoms with Gasteiger partial charge in [0.25, 0.3) is 5.91 Å². The zero-order chi connectivity index (χ0) is 13.1. The summed E-state index contributed by atoms with van der Waals surface area (Å²) in [6.07, 6.45) is 0. The van der Waals surface area contributed by atoms with E-state index < -0.39 is 0 Å². The summed E-state index contributed by atoms with van der Waals surface area (Å²) < 4.78 is 0. The lowest BCUT2D eigenvalue weighted by Gasteiger charge is -2.25. The smallest absolute Gasteiger partial charge is 0.253 e. The summed E-state index contributed by atoms with van der Waals surface area (Å²) in [7, 11) is 1.70. The zero-order valence-electron chi connectivity index (χ0n) is 10.5. The first-order valence-electron chi connectivity index (χ1n) is 5.81. The van der Waals surface area contributed by atoms with Crippen molar-refractivity contribution in [2.75, 3.05) is 25.0 Å². The number of nitrogens with zero attached hydrogens (tertiary/aromatic N) is 2. The highest BCUT2D eigenvalue weighted by molar-refractivity contribution is 6.06. The average molecular weight is 241 g/mol. The van der Waals surface area contributed by atoms with Crippen LogP contribution in [-0.4, -0.2) is 26.0 Å². The molecule has 1 heterocycles. The standard InChI is InChI=1S/C14H15N3O/c1-10(12-8-16-9-12)14(18)17(2)13-6-4-3-5-11(13)7-15/h3-6,16H,8-9H2,1-2H3. The summed E-state index contributed by atoms with van der Waals surface area (Å²) in [5.41, 5.74) is 3.07. The van der Waals surface area contributed by atoms with Crippen molar-refractivity contribution in [1.82, 2.24) is 5.32 Å². The number of amides is 1. The molecular formula is C14H15N3O. The molecule has 92 valence electrons. The van der Waals surface area contributed by atoms with Gasteiger partial charge in [-0.1, -0.05) is 12.1 Å². The maximum absolute atomic E-state index is 12.3. The van der Waals surface area contributed by atoms with Crippen molar-refractivity contribution < 1.29 is 4.79 Å². The number of carbonyl (C=O) groups is 1. The zero-order valence-corrected chi connectivity index (χ0v) is 10.5. The van der Waals surface area contributed by atoms with Crippen LogP contribution >= 0.6 is 0 Å². The van der Waals surface area contributed by atoms with Gasteiger partial charge >= 0.3 is 0 Å². The quantitative estimate of drug-likeness (QED) is 0.797. The van der Waals surface area contributed by atoms with Crippen molar-refractivity contribution in [3.63, 3.8) is 0 Å². The Morgan fingerprint density at radius 1 is 1.39 bits per heavy atom. The van der Waals surface area contributed by atoms with Crippen molar-refractivity contribution in [3.05, 3.63) is 41.0 Å². The molecule has 1 amide bonds. The van der Waals surface area contributed by atoms with Crippen LogP contribution in [0.5, 0.6) is 0 Å². The predicted molar refractivity (Wildman–Crippen MR) is 70.1 cm³/mol. The molecule has 1 aromatic carbocycles. The van der Waals surface area contributed by atoms with Crippen LogP contribution in [0.25, 0.3) is 0 Å². The Hall–Kier alpha value is -2.12. The molecule has 0 spiro atoms. The molecule has 0 radical (unpaired) electrons. The summed E-state index contributed by atoms with van der Waals surface area (Å²) in [6.45, 7) is 3.40. The number of nitrogens with one attached hydrogen (secondary N) is 1. The fourth-order valence-corrected chi connectivity index (χ4v) is 1.89. The van der Waals surface area contributed by atoms with E-state index in [2.05, 4.69) is 11.4 Å². The Kier molecular flexibility index (Phi) is 3.45. The molecule has 1 aliphatic rings. The summed E-state index contributed by atoms with van der Waals surface area (Å²) in [6, 6.07) is 9.23. The number of anilines is 1. The number of carbonyl (C=O) groups excluding carboxylic acids is 1. The van der Waals surface area contributed by atoms with Crippen molar-refractivity contribution in [1.29, 1.82) is 5.26 Å². The Labute approximate surface area is 107 Å². The van der Waals surface area contributed by atoms with Gasteiger partial charge in [0.2, 0.25) is 0 Å². The first-order chi connectivity index (χ1) is 8.65. The van der Waals surface area contributed by atoms with Crippen LogP contribution in [0.4, 0.5) is 5.69 Å². The third kappa shape index (κ3) is 2.13. The monoisotopic (exact) mass is 241 g/mol. The van der Waals surface area contributed by atoms with Gasteiger partial charge in [0.1, 0.15) is 6.07 Å². The molecule has 4 heteroatoms. The predicted octanol–water partition coefficient (Wildman–Crippen LogP) is 1.44. The van der Waals surface area contributed by atoms with Gasteiger partial charge in [0, 0.05) is 25.7 Å². The van der Waals surface area contributed by atoms with Crippen molar-refractivity contribution >= 4 is 11.6 Å². The van der Waals surface area contributed by atoms with E-state index in [1.165, 1.54) is 0 Å². The Balaban J connectivity index is 2.29. The molecule has 0 unspecified atom stereocenters. The van der Waals surface area contributed by atoms with E-state index >= 15 is 0 Å². The molecule has 2 rings (SSSR count). The lowest BCUT2D eigenvalue weighted by molar-refractivity contribution is -0.114. The molecule has 1 aromatic rings. The first-order valence-corrected chi connectivity index (χ1v) is 5.81. The van der Waals surface area contributed by atoms with Crippen LogP contribution in [-0.2, 0) is 4.79 Å². The lowest BCUT2D eigenvalue weighted by Crippen LogP contribution is -2.38. The second kappa shape index (κ2) is 5.03.